The fraction of sp³-hybridized carbons (Fsp3) is 0.143. The molecule has 0 fully saturated rings. The zero-order valence-corrected chi connectivity index (χ0v) is 18.6. The maximum atomic E-state index is 12.3. The predicted octanol–water partition coefficient (Wildman–Crippen LogP) is 4.42. The number of nitrogens with one attached hydrogen (secondary N) is 2. The second-order valence-electron chi connectivity index (χ2n) is 6.33. The summed E-state index contributed by atoms with van der Waals surface area (Å²) in [5.74, 6) is -1.87. The molecule has 1 atom stereocenters. The second-order valence-corrected chi connectivity index (χ2v) is 8.03. The Labute approximate surface area is 192 Å². The van der Waals surface area contributed by atoms with Crippen LogP contribution in [0, 0.1) is 0 Å². The van der Waals surface area contributed by atoms with Crippen LogP contribution in [0.3, 0.4) is 0 Å². The van der Waals surface area contributed by atoms with Crippen LogP contribution in [0.25, 0.3) is 11.3 Å². The molecule has 0 spiro atoms. The Kier molecular flexibility index (Phi) is 7.62. The third-order valence-electron chi connectivity index (χ3n) is 4.05. The topological polar surface area (TPSA) is 97.4 Å². The average Bonchev–Trinajstić information content (AvgIpc) is 3.21. The van der Waals surface area contributed by atoms with Gasteiger partial charge in [0.15, 0.2) is 11.2 Å². The zero-order chi connectivity index (χ0) is 22.4. The number of thiazole rings is 1. The van der Waals surface area contributed by atoms with Crippen molar-refractivity contribution in [3.8, 4) is 11.3 Å². The van der Waals surface area contributed by atoms with E-state index in [4.69, 9.17) is 27.9 Å². The Bertz CT molecular complexity index is 1110. The van der Waals surface area contributed by atoms with Gasteiger partial charge in [0.1, 0.15) is 6.54 Å². The molecular weight excluding hydrogens is 461 g/mol. The number of carbonyl (C=O) groups excluding carboxylic acids is 3. The summed E-state index contributed by atoms with van der Waals surface area (Å²) in [6.45, 7) is 1.00. The van der Waals surface area contributed by atoms with Gasteiger partial charge < -0.3 is 10.1 Å². The molecule has 0 radical (unpaired) electrons. The summed E-state index contributed by atoms with van der Waals surface area (Å²) in [4.78, 5) is 40.8. The molecule has 2 amide bonds. The molecule has 3 aromatic rings. The number of hydrogen-bond acceptors (Lipinski definition) is 6. The van der Waals surface area contributed by atoms with Crippen LogP contribution in [-0.2, 0) is 14.3 Å². The molecule has 0 aliphatic heterocycles. The molecule has 1 aromatic heterocycles. The molecule has 2 N–H and O–H groups in total. The van der Waals surface area contributed by atoms with Crippen molar-refractivity contribution in [2.24, 2.45) is 0 Å². The van der Waals surface area contributed by atoms with Gasteiger partial charge in [-0.1, -0.05) is 53.5 Å². The minimum absolute atomic E-state index is 0.157. The van der Waals surface area contributed by atoms with Crippen molar-refractivity contribution in [1.29, 1.82) is 0 Å². The Morgan fingerprint density at radius 1 is 1.13 bits per heavy atom. The van der Waals surface area contributed by atoms with E-state index in [9.17, 15) is 14.4 Å². The summed E-state index contributed by atoms with van der Waals surface area (Å²) < 4.78 is 5.07. The molecule has 0 saturated heterocycles. The van der Waals surface area contributed by atoms with Gasteiger partial charge in [0.2, 0.25) is 0 Å². The highest BCUT2D eigenvalue weighted by atomic mass is 35.5. The molecule has 0 aliphatic carbocycles. The van der Waals surface area contributed by atoms with Crippen LogP contribution >= 0.6 is 34.5 Å². The maximum absolute atomic E-state index is 12.3. The molecule has 3 rings (SSSR count). The number of aromatic nitrogens is 1. The largest absolute Gasteiger partial charge is 0.451 e. The molecule has 0 aliphatic rings. The van der Waals surface area contributed by atoms with Crippen LogP contribution in [0.15, 0.2) is 53.9 Å². The van der Waals surface area contributed by atoms with Gasteiger partial charge in [0, 0.05) is 16.0 Å². The Balaban J connectivity index is 1.48. The van der Waals surface area contributed by atoms with Crippen molar-refractivity contribution in [3.05, 3.63) is 69.5 Å². The van der Waals surface area contributed by atoms with Gasteiger partial charge in [0.25, 0.3) is 11.8 Å². The first-order valence-electron chi connectivity index (χ1n) is 9.08. The Hall–Kier alpha value is -2.94. The van der Waals surface area contributed by atoms with Crippen molar-refractivity contribution in [3.63, 3.8) is 0 Å². The summed E-state index contributed by atoms with van der Waals surface area (Å²) >= 11 is 13.0. The third kappa shape index (κ3) is 6.27. The number of hydrogen-bond donors (Lipinski definition) is 2. The molecule has 0 saturated carbocycles. The molecule has 1 unspecified atom stereocenters. The van der Waals surface area contributed by atoms with E-state index >= 15 is 0 Å². The summed E-state index contributed by atoms with van der Waals surface area (Å²) in [6.07, 6.45) is -1.08. The minimum atomic E-state index is -1.08. The van der Waals surface area contributed by atoms with E-state index in [1.807, 2.05) is 35.7 Å². The van der Waals surface area contributed by atoms with E-state index in [-0.39, 0.29) is 10.6 Å². The van der Waals surface area contributed by atoms with Gasteiger partial charge in [-0.05, 0) is 25.1 Å². The van der Waals surface area contributed by atoms with E-state index in [0.29, 0.717) is 10.2 Å². The van der Waals surface area contributed by atoms with Gasteiger partial charge in [-0.25, -0.2) is 4.98 Å². The van der Waals surface area contributed by atoms with E-state index in [1.165, 1.54) is 36.5 Å². The normalized spacial score (nSPS) is 11.5. The van der Waals surface area contributed by atoms with Crippen LogP contribution in [0.5, 0.6) is 0 Å². The van der Waals surface area contributed by atoms with Crippen LogP contribution in [0.1, 0.15) is 17.3 Å². The third-order valence-corrected chi connectivity index (χ3v) is 5.36. The monoisotopic (exact) mass is 477 g/mol. The molecule has 7 nitrogen and oxygen atoms in total. The first-order chi connectivity index (χ1) is 14.8. The highest BCUT2D eigenvalue weighted by Gasteiger charge is 2.20. The second kappa shape index (κ2) is 10.4. The summed E-state index contributed by atoms with van der Waals surface area (Å²) in [6, 6.07) is 13.9. The average molecular weight is 478 g/mol. The number of halogens is 2. The number of rotatable bonds is 7. The lowest BCUT2D eigenvalue weighted by Crippen LogP contribution is -2.35. The van der Waals surface area contributed by atoms with Crippen molar-refractivity contribution in [2.45, 2.75) is 13.0 Å². The standard InChI is InChI=1S/C21H17Cl2N3O4S/c1-12(19(28)26-21-25-17(11-31-21)13-5-3-2-4-6-13)30-18(27)10-24-20(29)15-8-7-14(22)9-16(15)23/h2-9,11-12H,10H2,1H3,(H,24,29)(H,25,26,28). The van der Waals surface area contributed by atoms with Crippen LogP contribution in [0.4, 0.5) is 5.13 Å². The number of carbonyl (C=O) groups is 3. The molecular formula is C21H17Cl2N3O4S. The lowest BCUT2D eigenvalue weighted by atomic mass is 10.2. The molecule has 2 aromatic carbocycles. The molecule has 160 valence electrons. The first kappa shape index (κ1) is 22.7. The van der Waals surface area contributed by atoms with Crippen LogP contribution in [-0.4, -0.2) is 35.4 Å². The molecule has 1 heterocycles. The minimum Gasteiger partial charge on any atom is -0.451 e. The fourth-order valence-corrected chi connectivity index (χ4v) is 3.71. The van der Waals surface area contributed by atoms with Crippen molar-refractivity contribution < 1.29 is 19.1 Å². The fourth-order valence-electron chi connectivity index (χ4n) is 2.49. The SMILES string of the molecule is CC(OC(=O)CNC(=O)c1ccc(Cl)cc1Cl)C(=O)Nc1nc(-c2ccccc2)cs1. The highest BCUT2D eigenvalue weighted by Crippen LogP contribution is 2.24. The van der Waals surface area contributed by atoms with Crippen molar-refractivity contribution >= 4 is 57.5 Å². The predicted molar refractivity (Wildman–Crippen MR) is 121 cm³/mol. The first-order valence-corrected chi connectivity index (χ1v) is 10.7. The molecule has 10 heteroatoms. The van der Waals surface area contributed by atoms with Gasteiger partial charge in [-0.2, -0.15) is 0 Å². The number of benzene rings is 2. The van der Waals surface area contributed by atoms with Crippen molar-refractivity contribution in [1.82, 2.24) is 10.3 Å². The van der Waals surface area contributed by atoms with Gasteiger partial charge in [0.05, 0.1) is 16.3 Å². The summed E-state index contributed by atoms with van der Waals surface area (Å²) in [5.41, 5.74) is 1.83. The van der Waals surface area contributed by atoms with Gasteiger partial charge in [-0.15, -0.1) is 11.3 Å². The summed E-state index contributed by atoms with van der Waals surface area (Å²) in [5, 5.41) is 7.75. The number of esters is 1. The highest BCUT2D eigenvalue weighted by molar-refractivity contribution is 7.14. The van der Waals surface area contributed by atoms with E-state index < -0.39 is 30.4 Å². The quantitative estimate of drug-likeness (QED) is 0.490. The summed E-state index contributed by atoms with van der Waals surface area (Å²) in [7, 11) is 0. The van der Waals surface area contributed by atoms with Gasteiger partial charge in [-0.3, -0.25) is 19.7 Å². The maximum Gasteiger partial charge on any atom is 0.326 e. The van der Waals surface area contributed by atoms with E-state index in [1.54, 1.807) is 0 Å². The Morgan fingerprint density at radius 3 is 2.58 bits per heavy atom. The lowest BCUT2D eigenvalue weighted by Gasteiger charge is -2.13. The molecule has 0 bridgehead atoms. The smallest absolute Gasteiger partial charge is 0.326 e. The molecule has 31 heavy (non-hydrogen) atoms. The van der Waals surface area contributed by atoms with Crippen LogP contribution in [0.2, 0.25) is 10.0 Å². The Morgan fingerprint density at radius 2 is 1.87 bits per heavy atom. The number of amides is 2. The number of ether oxygens (including phenoxy) is 1. The van der Waals surface area contributed by atoms with Crippen molar-refractivity contribution in [2.75, 3.05) is 11.9 Å². The van der Waals surface area contributed by atoms with Gasteiger partial charge >= 0.3 is 5.97 Å². The zero-order valence-electron chi connectivity index (χ0n) is 16.2. The van der Waals surface area contributed by atoms with E-state index in [2.05, 4.69) is 15.6 Å². The van der Waals surface area contributed by atoms with Crippen LogP contribution < -0.4 is 10.6 Å². The number of anilines is 1. The lowest BCUT2D eigenvalue weighted by molar-refractivity contribution is -0.152. The van der Waals surface area contributed by atoms with E-state index in [0.717, 1.165) is 11.3 Å². The number of nitrogens with zero attached hydrogens (tertiary/aromatic N) is 1.